The van der Waals surface area contributed by atoms with Gasteiger partial charge in [0.2, 0.25) is 5.78 Å². The van der Waals surface area contributed by atoms with E-state index >= 15 is 0 Å². The minimum absolute atomic E-state index is 0.221. The quantitative estimate of drug-likeness (QED) is 0.629. The van der Waals surface area contributed by atoms with Gasteiger partial charge in [0.15, 0.2) is 5.78 Å². The van der Waals surface area contributed by atoms with Gasteiger partial charge in [-0.05, 0) is 12.3 Å². The van der Waals surface area contributed by atoms with Crippen LogP contribution in [0.15, 0.2) is 0 Å². The van der Waals surface area contributed by atoms with Gasteiger partial charge in [0.1, 0.15) is 0 Å². The van der Waals surface area contributed by atoms with Crippen molar-refractivity contribution in [3.8, 4) is 0 Å². The second-order valence-electron chi connectivity index (χ2n) is 4.93. The van der Waals surface area contributed by atoms with E-state index in [1.807, 2.05) is 0 Å². The first-order valence-electron chi connectivity index (χ1n) is 4.82. The van der Waals surface area contributed by atoms with Crippen LogP contribution in [0.25, 0.3) is 0 Å². The average Bonchev–Trinajstić information content (AvgIpc) is 1.96. The van der Waals surface area contributed by atoms with Crippen molar-refractivity contribution in [3.63, 3.8) is 0 Å². The van der Waals surface area contributed by atoms with E-state index in [-0.39, 0.29) is 11.6 Å². The fourth-order valence-corrected chi connectivity index (χ4v) is 0.952. The number of carbonyl (C=O) groups is 2. The fourth-order valence-electron chi connectivity index (χ4n) is 0.952. The standard InChI is InChI=1S/C11H20O2/c1-8(2)6-7-9(12)10(13)11(3,4)5/h8H,6-7H2,1-5H3. The van der Waals surface area contributed by atoms with Crippen LogP contribution in [0, 0.1) is 11.3 Å². The molecule has 0 aliphatic rings. The monoisotopic (exact) mass is 184 g/mol. The van der Waals surface area contributed by atoms with Gasteiger partial charge in [-0.2, -0.15) is 0 Å². The van der Waals surface area contributed by atoms with Crippen molar-refractivity contribution >= 4 is 11.6 Å². The summed E-state index contributed by atoms with van der Waals surface area (Å²) in [7, 11) is 0. The summed E-state index contributed by atoms with van der Waals surface area (Å²) in [4.78, 5) is 22.8. The summed E-state index contributed by atoms with van der Waals surface area (Å²) in [5.74, 6) is 0.0195. The van der Waals surface area contributed by atoms with Gasteiger partial charge in [0.25, 0.3) is 0 Å². The van der Waals surface area contributed by atoms with Crippen molar-refractivity contribution in [1.29, 1.82) is 0 Å². The van der Waals surface area contributed by atoms with Crippen LogP contribution in [0.1, 0.15) is 47.5 Å². The molecule has 0 radical (unpaired) electrons. The van der Waals surface area contributed by atoms with Crippen molar-refractivity contribution in [2.45, 2.75) is 47.5 Å². The minimum atomic E-state index is -0.520. The van der Waals surface area contributed by atoms with E-state index in [1.54, 1.807) is 20.8 Å². The van der Waals surface area contributed by atoms with E-state index in [2.05, 4.69) is 13.8 Å². The Bertz CT molecular complexity index is 197. The Balaban J connectivity index is 4.06. The lowest BCUT2D eigenvalue weighted by Gasteiger charge is -2.15. The molecule has 0 aromatic carbocycles. The van der Waals surface area contributed by atoms with E-state index in [4.69, 9.17) is 0 Å². The molecule has 0 saturated carbocycles. The third-order valence-electron chi connectivity index (χ3n) is 1.88. The Kier molecular flexibility index (Phi) is 4.31. The second kappa shape index (κ2) is 4.54. The summed E-state index contributed by atoms with van der Waals surface area (Å²) in [6.45, 7) is 9.44. The van der Waals surface area contributed by atoms with Crippen molar-refractivity contribution in [2.75, 3.05) is 0 Å². The smallest absolute Gasteiger partial charge is 0.203 e. The third kappa shape index (κ3) is 4.81. The number of carbonyl (C=O) groups excluding carboxylic acids is 2. The van der Waals surface area contributed by atoms with E-state index in [0.29, 0.717) is 12.3 Å². The van der Waals surface area contributed by atoms with Gasteiger partial charge in [-0.1, -0.05) is 34.6 Å². The minimum Gasteiger partial charge on any atom is -0.291 e. The molecule has 0 atom stereocenters. The van der Waals surface area contributed by atoms with E-state index in [0.717, 1.165) is 6.42 Å². The van der Waals surface area contributed by atoms with Gasteiger partial charge >= 0.3 is 0 Å². The highest BCUT2D eigenvalue weighted by atomic mass is 16.2. The molecule has 0 aliphatic carbocycles. The molecule has 2 heteroatoms. The molecule has 0 heterocycles. The topological polar surface area (TPSA) is 34.1 Å². The lowest BCUT2D eigenvalue weighted by Crippen LogP contribution is -2.28. The zero-order chi connectivity index (χ0) is 10.6. The largest absolute Gasteiger partial charge is 0.291 e. The van der Waals surface area contributed by atoms with Crippen LogP contribution in [-0.2, 0) is 9.59 Å². The molecule has 0 amide bonds. The Morgan fingerprint density at radius 2 is 1.62 bits per heavy atom. The number of Topliss-reactive ketones (excluding diaryl/α,β-unsaturated/α-hetero) is 2. The van der Waals surface area contributed by atoms with Gasteiger partial charge in [-0.3, -0.25) is 9.59 Å². The summed E-state index contributed by atoms with van der Waals surface area (Å²) in [5, 5.41) is 0. The van der Waals surface area contributed by atoms with Gasteiger partial charge in [-0.15, -0.1) is 0 Å². The van der Waals surface area contributed by atoms with Gasteiger partial charge < -0.3 is 0 Å². The highest BCUT2D eigenvalue weighted by molar-refractivity contribution is 6.38. The van der Waals surface area contributed by atoms with Crippen molar-refractivity contribution < 1.29 is 9.59 Å². The SMILES string of the molecule is CC(C)CCC(=O)C(=O)C(C)(C)C. The van der Waals surface area contributed by atoms with Gasteiger partial charge in [0.05, 0.1) is 0 Å². The Morgan fingerprint density at radius 3 is 1.92 bits per heavy atom. The lowest BCUT2D eigenvalue weighted by atomic mass is 9.86. The third-order valence-corrected chi connectivity index (χ3v) is 1.88. The molecular formula is C11H20O2. The highest BCUT2D eigenvalue weighted by Crippen LogP contribution is 2.17. The summed E-state index contributed by atoms with van der Waals surface area (Å²) in [6.07, 6.45) is 1.20. The van der Waals surface area contributed by atoms with Crippen LogP contribution in [-0.4, -0.2) is 11.6 Å². The average molecular weight is 184 g/mol. The summed E-state index contributed by atoms with van der Waals surface area (Å²) in [5.41, 5.74) is -0.520. The van der Waals surface area contributed by atoms with E-state index < -0.39 is 5.41 Å². The molecule has 0 N–H and O–H groups in total. The normalized spacial score (nSPS) is 11.8. The molecule has 0 fully saturated rings. The van der Waals surface area contributed by atoms with Gasteiger partial charge in [-0.25, -0.2) is 0 Å². The molecule has 0 aromatic rings. The molecule has 0 saturated heterocycles. The van der Waals surface area contributed by atoms with Crippen LogP contribution in [0.5, 0.6) is 0 Å². The summed E-state index contributed by atoms with van der Waals surface area (Å²) in [6, 6.07) is 0. The molecule has 0 bridgehead atoms. The number of hydrogen-bond acceptors (Lipinski definition) is 2. The van der Waals surface area contributed by atoms with Crippen molar-refractivity contribution in [2.24, 2.45) is 11.3 Å². The maximum atomic E-state index is 11.4. The Hall–Kier alpha value is -0.660. The van der Waals surface area contributed by atoms with Crippen LogP contribution < -0.4 is 0 Å². The Labute approximate surface area is 80.7 Å². The maximum absolute atomic E-state index is 11.4. The first kappa shape index (κ1) is 12.3. The van der Waals surface area contributed by atoms with Crippen molar-refractivity contribution in [3.05, 3.63) is 0 Å². The molecule has 0 unspecified atom stereocenters. The number of rotatable bonds is 4. The maximum Gasteiger partial charge on any atom is 0.203 e. The molecule has 13 heavy (non-hydrogen) atoms. The lowest BCUT2D eigenvalue weighted by molar-refractivity contribution is -0.141. The predicted octanol–water partition coefficient (Wildman–Crippen LogP) is 2.61. The molecule has 0 spiro atoms. The zero-order valence-electron chi connectivity index (χ0n) is 9.31. The van der Waals surface area contributed by atoms with E-state index in [1.165, 1.54) is 0 Å². The zero-order valence-corrected chi connectivity index (χ0v) is 9.31. The first-order valence-corrected chi connectivity index (χ1v) is 4.82. The summed E-state index contributed by atoms with van der Waals surface area (Å²) >= 11 is 0. The summed E-state index contributed by atoms with van der Waals surface area (Å²) < 4.78 is 0. The Morgan fingerprint density at radius 1 is 1.15 bits per heavy atom. The fraction of sp³-hybridized carbons (Fsp3) is 0.818. The second-order valence-corrected chi connectivity index (χ2v) is 4.93. The number of hydrogen-bond donors (Lipinski definition) is 0. The van der Waals surface area contributed by atoms with Crippen LogP contribution in [0.3, 0.4) is 0 Å². The van der Waals surface area contributed by atoms with Crippen LogP contribution in [0.4, 0.5) is 0 Å². The van der Waals surface area contributed by atoms with Crippen LogP contribution in [0.2, 0.25) is 0 Å². The molecule has 0 aromatic heterocycles. The number of ketones is 2. The predicted molar refractivity (Wildman–Crippen MR) is 53.5 cm³/mol. The molecule has 76 valence electrons. The molecular weight excluding hydrogens is 164 g/mol. The van der Waals surface area contributed by atoms with Crippen LogP contribution >= 0.6 is 0 Å². The van der Waals surface area contributed by atoms with E-state index in [9.17, 15) is 9.59 Å². The first-order chi connectivity index (χ1) is 5.75. The molecule has 0 rings (SSSR count). The highest BCUT2D eigenvalue weighted by Gasteiger charge is 2.27. The molecule has 2 nitrogen and oxygen atoms in total. The van der Waals surface area contributed by atoms with Gasteiger partial charge in [0, 0.05) is 11.8 Å². The van der Waals surface area contributed by atoms with Crippen molar-refractivity contribution in [1.82, 2.24) is 0 Å². The molecule has 0 aliphatic heterocycles.